The minimum atomic E-state index is 0.862. The summed E-state index contributed by atoms with van der Waals surface area (Å²) >= 11 is 5.32. The van der Waals surface area contributed by atoms with Crippen molar-refractivity contribution in [2.45, 2.75) is 6.54 Å². The first kappa shape index (κ1) is 12.6. The van der Waals surface area contributed by atoms with Gasteiger partial charge >= 0.3 is 0 Å². The standard InChI is InChI=1S/C13H14BrNOS/c1-15-8-10-4-6-13(17-10)9-3-5-12(16-2)11(14)7-9/h3-7,15H,8H2,1-2H3. The molecule has 0 bridgehead atoms. The van der Waals surface area contributed by atoms with E-state index in [0.717, 1.165) is 16.8 Å². The summed E-state index contributed by atoms with van der Waals surface area (Å²) in [7, 11) is 3.64. The number of nitrogens with one attached hydrogen (secondary N) is 1. The van der Waals surface area contributed by atoms with Gasteiger partial charge in [0.1, 0.15) is 5.75 Å². The molecule has 1 aromatic heterocycles. The van der Waals surface area contributed by atoms with Crippen LogP contribution < -0.4 is 10.1 Å². The van der Waals surface area contributed by atoms with Gasteiger partial charge in [-0.3, -0.25) is 0 Å². The lowest BCUT2D eigenvalue weighted by Crippen LogP contribution is -2.02. The van der Waals surface area contributed by atoms with Crippen LogP contribution in [0.25, 0.3) is 10.4 Å². The highest BCUT2D eigenvalue weighted by atomic mass is 79.9. The lowest BCUT2D eigenvalue weighted by atomic mass is 10.2. The van der Waals surface area contributed by atoms with Crippen LogP contribution in [0.4, 0.5) is 0 Å². The van der Waals surface area contributed by atoms with Crippen LogP contribution in [0.1, 0.15) is 4.88 Å². The molecule has 17 heavy (non-hydrogen) atoms. The zero-order chi connectivity index (χ0) is 12.3. The molecule has 90 valence electrons. The zero-order valence-corrected chi connectivity index (χ0v) is 12.2. The lowest BCUT2D eigenvalue weighted by Gasteiger charge is -2.04. The van der Waals surface area contributed by atoms with Gasteiger partial charge in [0, 0.05) is 16.3 Å². The Morgan fingerprint density at radius 3 is 2.76 bits per heavy atom. The average molecular weight is 312 g/mol. The molecule has 4 heteroatoms. The normalized spacial score (nSPS) is 10.5. The monoisotopic (exact) mass is 311 g/mol. The second kappa shape index (κ2) is 5.67. The van der Waals surface area contributed by atoms with Crippen molar-refractivity contribution in [3.8, 4) is 16.2 Å². The summed E-state index contributed by atoms with van der Waals surface area (Å²) in [4.78, 5) is 2.62. The fourth-order valence-electron chi connectivity index (χ4n) is 1.62. The molecule has 0 atom stereocenters. The predicted octanol–water partition coefficient (Wildman–Crippen LogP) is 3.91. The number of benzene rings is 1. The van der Waals surface area contributed by atoms with E-state index < -0.39 is 0 Å². The van der Waals surface area contributed by atoms with Gasteiger partial charge in [0.15, 0.2) is 0 Å². The minimum Gasteiger partial charge on any atom is -0.496 e. The van der Waals surface area contributed by atoms with Crippen LogP contribution in [0, 0.1) is 0 Å². The molecule has 0 aliphatic carbocycles. The Morgan fingerprint density at radius 1 is 1.29 bits per heavy atom. The number of rotatable bonds is 4. The molecule has 1 N–H and O–H groups in total. The van der Waals surface area contributed by atoms with Crippen molar-refractivity contribution in [1.29, 1.82) is 0 Å². The van der Waals surface area contributed by atoms with Crippen molar-refractivity contribution in [3.63, 3.8) is 0 Å². The van der Waals surface area contributed by atoms with Crippen LogP contribution in [0.2, 0.25) is 0 Å². The summed E-state index contributed by atoms with van der Waals surface area (Å²) in [5.74, 6) is 0.862. The second-order valence-corrected chi connectivity index (χ2v) is 5.67. The molecule has 0 radical (unpaired) electrons. The molecule has 0 saturated carbocycles. The van der Waals surface area contributed by atoms with Crippen LogP contribution in [0.5, 0.6) is 5.75 Å². The van der Waals surface area contributed by atoms with E-state index in [1.807, 2.05) is 24.5 Å². The SMILES string of the molecule is CNCc1ccc(-c2ccc(OC)c(Br)c2)s1. The van der Waals surface area contributed by atoms with E-state index in [0.29, 0.717) is 0 Å². The Labute approximate surface area is 114 Å². The first-order valence-electron chi connectivity index (χ1n) is 5.32. The van der Waals surface area contributed by atoms with Gasteiger partial charge in [0.25, 0.3) is 0 Å². The summed E-state index contributed by atoms with van der Waals surface area (Å²) in [6.45, 7) is 0.919. The van der Waals surface area contributed by atoms with Crippen LogP contribution >= 0.6 is 27.3 Å². The Bertz CT molecular complexity index is 510. The highest BCUT2D eigenvalue weighted by Gasteiger charge is 2.06. The summed E-state index contributed by atoms with van der Waals surface area (Å²) in [6.07, 6.45) is 0. The molecular weight excluding hydrogens is 298 g/mol. The Balaban J connectivity index is 2.29. The van der Waals surface area contributed by atoms with Gasteiger partial charge in [-0.2, -0.15) is 0 Å². The third-order valence-corrected chi connectivity index (χ3v) is 4.20. The Kier molecular flexibility index (Phi) is 4.20. The van der Waals surface area contributed by atoms with Gasteiger partial charge < -0.3 is 10.1 Å². The molecule has 0 aliphatic rings. The number of hydrogen-bond donors (Lipinski definition) is 1. The van der Waals surface area contributed by atoms with E-state index in [1.54, 1.807) is 7.11 Å². The van der Waals surface area contributed by atoms with Gasteiger partial charge in [-0.25, -0.2) is 0 Å². The van der Waals surface area contributed by atoms with Gasteiger partial charge in [-0.05, 0) is 58.9 Å². The molecule has 2 rings (SSSR count). The second-order valence-electron chi connectivity index (χ2n) is 3.65. The molecule has 0 aliphatic heterocycles. The molecule has 0 amide bonds. The highest BCUT2D eigenvalue weighted by Crippen LogP contribution is 2.33. The molecule has 1 heterocycles. The Hall–Kier alpha value is -0.840. The minimum absolute atomic E-state index is 0.862. The summed E-state index contributed by atoms with van der Waals surface area (Å²) in [5, 5.41) is 3.16. The van der Waals surface area contributed by atoms with Crippen molar-refractivity contribution in [1.82, 2.24) is 5.32 Å². The van der Waals surface area contributed by atoms with Crippen molar-refractivity contribution >= 4 is 27.3 Å². The third-order valence-electron chi connectivity index (χ3n) is 2.45. The fourth-order valence-corrected chi connectivity index (χ4v) is 3.18. The van der Waals surface area contributed by atoms with Crippen molar-refractivity contribution < 1.29 is 4.74 Å². The molecule has 0 fully saturated rings. The summed E-state index contributed by atoms with van der Waals surface area (Å²) in [5.41, 5.74) is 1.21. The largest absolute Gasteiger partial charge is 0.496 e. The van der Waals surface area contributed by atoms with E-state index in [2.05, 4.69) is 45.5 Å². The van der Waals surface area contributed by atoms with Crippen LogP contribution in [0.3, 0.4) is 0 Å². The van der Waals surface area contributed by atoms with Gasteiger partial charge in [-0.15, -0.1) is 11.3 Å². The maximum atomic E-state index is 5.23. The van der Waals surface area contributed by atoms with E-state index in [1.165, 1.54) is 15.3 Å². The number of ether oxygens (including phenoxy) is 1. The molecule has 0 spiro atoms. The van der Waals surface area contributed by atoms with Crippen LogP contribution in [0.15, 0.2) is 34.8 Å². The van der Waals surface area contributed by atoms with Crippen molar-refractivity contribution in [2.24, 2.45) is 0 Å². The number of methoxy groups -OCH3 is 1. The van der Waals surface area contributed by atoms with Gasteiger partial charge in [0.05, 0.1) is 11.6 Å². The Morgan fingerprint density at radius 2 is 2.12 bits per heavy atom. The van der Waals surface area contributed by atoms with Crippen LogP contribution in [-0.4, -0.2) is 14.2 Å². The fraction of sp³-hybridized carbons (Fsp3) is 0.231. The average Bonchev–Trinajstić information content (AvgIpc) is 2.78. The maximum absolute atomic E-state index is 5.23. The highest BCUT2D eigenvalue weighted by molar-refractivity contribution is 9.10. The molecule has 0 saturated heterocycles. The summed E-state index contributed by atoms with van der Waals surface area (Å²) < 4.78 is 6.21. The predicted molar refractivity (Wildman–Crippen MR) is 76.8 cm³/mol. The molecule has 0 unspecified atom stereocenters. The van der Waals surface area contributed by atoms with Gasteiger partial charge in [-0.1, -0.05) is 0 Å². The summed E-state index contributed by atoms with van der Waals surface area (Å²) in [6, 6.07) is 10.5. The molecule has 1 aromatic carbocycles. The van der Waals surface area contributed by atoms with Crippen molar-refractivity contribution in [3.05, 3.63) is 39.7 Å². The van der Waals surface area contributed by atoms with E-state index in [9.17, 15) is 0 Å². The first-order valence-corrected chi connectivity index (χ1v) is 6.92. The first-order chi connectivity index (χ1) is 8.24. The maximum Gasteiger partial charge on any atom is 0.133 e. The number of halogens is 1. The lowest BCUT2D eigenvalue weighted by molar-refractivity contribution is 0.412. The number of thiophene rings is 1. The quantitative estimate of drug-likeness (QED) is 0.924. The van der Waals surface area contributed by atoms with Crippen molar-refractivity contribution in [2.75, 3.05) is 14.2 Å². The molecule has 2 aromatic rings. The van der Waals surface area contributed by atoms with Gasteiger partial charge in [0.2, 0.25) is 0 Å². The zero-order valence-electron chi connectivity index (χ0n) is 9.79. The molecule has 2 nitrogen and oxygen atoms in total. The molecular formula is C13H14BrNOS. The van der Waals surface area contributed by atoms with E-state index in [4.69, 9.17) is 4.74 Å². The van der Waals surface area contributed by atoms with Crippen LogP contribution in [-0.2, 0) is 6.54 Å². The van der Waals surface area contributed by atoms with E-state index >= 15 is 0 Å². The number of hydrogen-bond acceptors (Lipinski definition) is 3. The van der Waals surface area contributed by atoms with E-state index in [-0.39, 0.29) is 0 Å². The topological polar surface area (TPSA) is 21.3 Å². The third kappa shape index (κ3) is 2.89. The smallest absolute Gasteiger partial charge is 0.133 e.